The predicted molar refractivity (Wildman–Crippen MR) is 83.6 cm³/mol. The summed E-state index contributed by atoms with van der Waals surface area (Å²) >= 11 is 8.30. The molecule has 0 aliphatic heterocycles. The van der Waals surface area contributed by atoms with E-state index in [4.69, 9.17) is 11.6 Å². The van der Waals surface area contributed by atoms with Gasteiger partial charge in [0.05, 0.1) is 5.02 Å². The minimum Gasteiger partial charge on any atom is -0.315 e. The number of halogens is 2. The van der Waals surface area contributed by atoms with Crippen molar-refractivity contribution in [3.05, 3.63) is 32.4 Å². The summed E-state index contributed by atoms with van der Waals surface area (Å²) in [6.07, 6.45) is 0. The molecule has 1 rings (SSSR count). The Bertz CT molecular complexity index is 342. The molecule has 1 aromatic carbocycles. The molecule has 4 heteroatoms. The smallest absolute Gasteiger partial charge is 0.0542 e. The van der Waals surface area contributed by atoms with Crippen LogP contribution in [0.4, 0.5) is 0 Å². The molecule has 0 amide bonds. The quantitative estimate of drug-likeness (QED) is 0.572. The third kappa shape index (κ3) is 6.60. The molecule has 0 radical (unpaired) electrons. The van der Waals surface area contributed by atoms with Gasteiger partial charge in [0.25, 0.3) is 0 Å². The maximum Gasteiger partial charge on any atom is 0.0542 e. The molecule has 0 saturated heterocycles. The van der Waals surface area contributed by atoms with Crippen LogP contribution >= 0.6 is 34.2 Å². The maximum atomic E-state index is 6.06. The lowest BCUT2D eigenvalue weighted by atomic mass is 10.2. The van der Waals surface area contributed by atoms with E-state index in [9.17, 15) is 0 Å². The molecule has 0 saturated carbocycles. The first kappa shape index (κ1) is 15.2. The Hall–Kier alpha value is 0.160. The first-order valence-electron chi connectivity index (χ1n) is 5.95. The normalized spacial score (nSPS) is 11.1. The van der Waals surface area contributed by atoms with Gasteiger partial charge in [-0.2, -0.15) is 0 Å². The minimum absolute atomic E-state index is 0.713. The summed E-state index contributed by atoms with van der Waals surface area (Å²) in [6, 6.07) is 6.19. The SMILES string of the molecule is CC(C)CNCCNCc1ccc(I)c(Cl)c1. The van der Waals surface area contributed by atoms with E-state index in [2.05, 4.69) is 59.2 Å². The third-order valence-electron chi connectivity index (χ3n) is 2.34. The van der Waals surface area contributed by atoms with Crippen LogP contribution in [0.2, 0.25) is 5.02 Å². The lowest BCUT2D eigenvalue weighted by Gasteiger charge is -2.09. The van der Waals surface area contributed by atoms with Gasteiger partial charge in [0.1, 0.15) is 0 Å². The van der Waals surface area contributed by atoms with Crippen molar-refractivity contribution in [2.45, 2.75) is 20.4 Å². The van der Waals surface area contributed by atoms with E-state index >= 15 is 0 Å². The maximum absolute atomic E-state index is 6.06. The second-order valence-electron chi connectivity index (χ2n) is 4.52. The van der Waals surface area contributed by atoms with Gasteiger partial charge < -0.3 is 10.6 Å². The first-order chi connectivity index (χ1) is 8.09. The number of benzene rings is 1. The second kappa shape index (κ2) is 8.29. The monoisotopic (exact) mass is 366 g/mol. The molecule has 0 fully saturated rings. The standard InChI is InChI=1S/C13H20ClIN2/c1-10(2)8-16-5-6-17-9-11-3-4-13(15)12(14)7-11/h3-4,7,10,16-17H,5-6,8-9H2,1-2H3. The summed E-state index contributed by atoms with van der Waals surface area (Å²) in [5, 5.41) is 7.64. The summed E-state index contributed by atoms with van der Waals surface area (Å²) in [7, 11) is 0. The lowest BCUT2D eigenvalue weighted by molar-refractivity contribution is 0.535. The van der Waals surface area contributed by atoms with E-state index in [0.717, 1.165) is 34.8 Å². The van der Waals surface area contributed by atoms with E-state index in [1.165, 1.54) is 5.56 Å². The Morgan fingerprint density at radius 3 is 2.59 bits per heavy atom. The van der Waals surface area contributed by atoms with Crippen molar-refractivity contribution in [2.24, 2.45) is 5.92 Å². The number of hydrogen-bond acceptors (Lipinski definition) is 2. The van der Waals surface area contributed by atoms with Crippen LogP contribution in [0.15, 0.2) is 18.2 Å². The Kier molecular flexibility index (Phi) is 7.43. The fourth-order valence-electron chi connectivity index (χ4n) is 1.45. The largest absolute Gasteiger partial charge is 0.315 e. The molecule has 96 valence electrons. The van der Waals surface area contributed by atoms with Gasteiger partial charge in [-0.15, -0.1) is 0 Å². The molecule has 0 atom stereocenters. The van der Waals surface area contributed by atoms with Crippen molar-refractivity contribution < 1.29 is 0 Å². The summed E-state index contributed by atoms with van der Waals surface area (Å²) in [5.74, 6) is 0.713. The number of hydrogen-bond donors (Lipinski definition) is 2. The zero-order chi connectivity index (χ0) is 12.7. The van der Waals surface area contributed by atoms with Gasteiger partial charge in [-0.25, -0.2) is 0 Å². The topological polar surface area (TPSA) is 24.1 Å². The molecule has 2 nitrogen and oxygen atoms in total. The van der Waals surface area contributed by atoms with Crippen molar-refractivity contribution >= 4 is 34.2 Å². The lowest BCUT2D eigenvalue weighted by Crippen LogP contribution is -2.29. The predicted octanol–water partition coefficient (Wildman–Crippen LogP) is 3.28. The summed E-state index contributed by atoms with van der Waals surface area (Å²) in [6.45, 7) is 8.38. The molecule has 0 aliphatic rings. The van der Waals surface area contributed by atoms with Gasteiger partial charge in [0, 0.05) is 23.2 Å². The molecular formula is C13H20ClIN2. The Labute approximate surface area is 123 Å². The van der Waals surface area contributed by atoms with Gasteiger partial charge in [-0.05, 0) is 52.7 Å². The van der Waals surface area contributed by atoms with Crippen molar-refractivity contribution in [1.82, 2.24) is 10.6 Å². The van der Waals surface area contributed by atoms with Crippen LogP contribution in [-0.2, 0) is 6.54 Å². The summed E-state index contributed by atoms with van der Waals surface area (Å²) in [4.78, 5) is 0. The first-order valence-corrected chi connectivity index (χ1v) is 7.40. The molecule has 1 aromatic rings. The van der Waals surface area contributed by atoms with E-state index in [1.54, 1.807) is 0 Å². The highest BCUT2D eigenvalue weighted by Gasteiger charge is 1.98. The van der Waals surface area contributed by atoms with Crippen molar-refractivity contribution in [3.8, 4) is 0 Å². The molecule has 0 heterocycles. The average molecular weight is 367 g/mol. The fraction of sp³-hybridized carbons (Fsp3) is 0.538. The highest BCUT2D eigenvalue weighted by atomic mass is 127. The van der Waals surface area contributed by atoms with Gasteiger partial charge in [0.15, 0.2) is 0 Å². The van der Waals surface area contributed by atoms with E-state index < -0.39 is 0 Å². The van der Waals surface area contributed by atoms with Crippen molar-refractivity contribution in [1.29, 1.82) is 0 Å². The van der Waals surface area contributed by atoms with Crippen LogP contribution in [0, 0.1) is 9.49 Å². The Morgan fingerprint density at radius 1 is 1.24 bits per heavy atom. The van der Waals surface area contributed by atoms with E-state index in [1.807, 2.05) is 6.07 Å². The Morgan fingerprint density at radius 2 is 1.94 bits per heavy atom. The number of rotatable bonds is 7. The molecule has 0 aromatic heterocycles. The Balaban J connectivity index is 2.16. The van der Waals surface area contributed by atoms with Crippen LogP contribution in [0.1, 0.15) is 19.4 Å². The van der Waals surface area contributed by atoms with Crippen LogP contribution in [0.5, 0.6) is 0 Å². The molecule has 0 spiro atoms. The average Bonchev–Trinajstić information content (AvgIpc) is 2.27. The third-order valence-corrected chi connectivity index (χ3v) is 3.92. The molecule has 2 N–H and O–H groups in total. The van der Waals surface area contributed by atoms with Crippen LogP contribution < -0.4 is 10.6 Å². The van der Waals surface area contributed by atoms with Gasteiger partial charge >= 0.3 is 0 Å². The van der Waals surface area contributed by atoms with Crippen molar-refractivity contribution in [3.63, 3.8) is 0 Å². The molecule has 0 aliphatic carbocycles. The zero-order valence-corrected chi connectivity index (χ0v) is 13.3. The molecule has 17 heavy (non-hydrogen) atoms. The van der Waals surface area contributed by atoms with Gasteiger partial charge in [-0.1, -0.05) is 31.5 Å². The summed E-state index contributed by atoms with van der Waals surface area (Å²) in [5.41, 5.74) is 1.24. The highest BCUT2D eigenvalue weighted by Crippen LogP contribution is 2.19. The van der Waals surface area contributed by atoms with E-state index in [-0.39, 0.29) is 0 Å². The van der Waals surface area contributed by atoms with E-state index in [0.29, 0.717) is 5.92 Å². The molecule has 0 unspecified atom stereocenters. The van der Waals surface area contributed by atoms with Gasteiger partial charge in [-0.3, -0.25) is 0 Å². The zero-order valence-electron chi connectivity index (χ0n) is 10.4. The van der Waals surface area contributed by atoms with Crippen LogP contribution in [0.25, 0.3) is 0 Å². The number of nitrogens with one attached hydrogen (secondary N) is 2. The molecular weight excluding hydrogens is 347 g/mol. The second-order valence-corrected chi connectivity index (χ2v) is 6.09. The van der Waals surface area contributed by atoms with Crippen LogP contribution in [-0.4, -0.2) is 19.6 Å². The van der Waals surface area contributed by atoms with Gasteiger partial charge in [0.2, 0.25) is 0 Å². The fourth-order valence-corrected chi connectivity index (χ4v) is 1.99. The van der Waals surface area contributed by atoms with Crippen LogP contribution in [0.3, 0.4) is 0 Å². The van der Waals surface area contributed by atoms with Crippen molar-refractivity contribution in [2.75, 3.05) is 19.6 Å². The summed E-state index contributed by atoms with van der Waals surface area (Å²) < 4.78 is 1.10. The molecule has 0 bridgehead atoms. The minimum atomic E-state index is 0.713. The highest BCUT2D eigenvalue weighted by molar-refractivity contribution is 14.1.